The molecule has 1 aliphatic heterocycles. The lowest BCUT2D eigenvalue weighted by molar-refractivity contribution is -0.133. The predicted molar refractivity (Wildman–Crippen MR) is 88.2 cm³/mol. The van der Waals surface area contributed by atoms with Crippen molar-refractivity contribution in [3.63, 3.8) is 0 Å². The molecular weight excluding hydrogens is 298 g/mol. The summed E-state index contributed by atoms with van der Waals surface area (Å²) in [4.78, 5) is 33.0. The van der Waals surface area contributed by atoms with Gasteiger partial charge in [-0.15, -0.1) is 11.3 Å². The molecule has 5 nitrogen and oxygen atoms in total. The van der Waals surface area contributed by atoms with Gasteiger partial charge >= 0.3 is 0 Å². The summed E-state index contributed by atoms with van der Waals surface area (Å²) in [5, 5.41) is 0.629. The highest BCUT2D eigenvalue weighted by Crippen LogP contribution is 2.21. The average molecular weight is 319 g/mol. The molecule has 1 aliphatic rings. The normalized spacial score (nSPS) is 18.8. The largest absolute Gasteiger partial charge is 0.341 e. The van der Waals surface area contributed by atoms with Gasteiger partial charge < -0.3 is 4.90 Å². The number of piperidine rings is 1. The van der Waals surface area contributed by atoms with Crippen molar-refractivity contribution >= 4 is 27.5 Å². The summed E-state index contributed by atoms with van der Waals surface area (Å²) in [6, 6.07) is 1.90. The molecule has 0 bridgehead atoms. The molecular formula is C16H21N3O2S. The van der Waals surface area contributed by atoms with Gasteiger partial charge in [-0.05, 0) is 31.2 Å². The molecule has 0 spiro atoms. The molecule has 22 heavy (non-hydrogen) atoms. The molecule has 6 heteroatoms. The molecule has 0 saturated carbocycles. The number of thiophene rings is 1. The molecule has 0 radical (unpaired) electrons. The van der Waals surface area contributed by atoms with Crippen LogP contribution in [0.4, 0.5) is 0 Å². The molecule has 0 unspecified atom stereocenters. The minimum absolute atomic E-state index is 0.0146. The first-order valence-electron chi connectivity index (χ1n) is 7.84. The molecule has 2 aromatic rings. The third kappa shape index (κ3) is 2.92. The zero-order chi connectivity index (χ0) is 15.7. The van der Waals surface area contributed by atoms with Crippen LogP contribution in [0, 0.1) is 5.92 Å². The number of hydrogen-bond acceptors (Lipinski definition) is 4. The summed E-state index contributed by atoms with van der Waals surface area (Å²) in [6.07, 6.45) is 4.62. The third-order valence-electron chi connectivity index (χ3n) is 4.23. The Bertz CT molecular complexity index is 749. The van der Waals surface area contributed by atoms with Gasteiger partial charge in [-0.25, -0.2) is 4.98 Å². The van der Waals surface area contributed by atoms with E-state index in [1.165, 1.54) is 17.3 Å². The number of likely N-dealkylation sites (tertiary alicyclic amines) is 1. The van der Waals surface area contributed by atoms with E-state index in [0.717, 1.165) is 35.6 Å². The Morgan fingerprint density at radius 1 is 1.50 bits per heavy atom. The lowest BCUT2D eigenvalue weighted by atomic mass is 10.0. The number of carbonyl (C=O) groups is 1. The van der Waals surface area contributed by atoms with Crippen molar-refractivity contribution in [3.8, 4) is 0 Å². The Labute approximate surface area is 133 Å². The van der Waals surface area contributed by atoms with E-state index in [9.17, 15) is 9.59 Å². The molecule has 0 aromatic carbocycles. The fraction of sp³-hybridized carbons (Fsp3) is 0.562. The van der Waals surface area contributed by atoms with Gasteiger partial charge in [0.1, 0.15) is 11.4 Å². The number of nitrogens with zero attached hydrogens (tertiary/aromatic N) is 3. The summed E-state index contributed by atoms with van der Waals surface area (Å²) in [7, 11) is 0. The van der Waals surface area contributed by atoms with Gasteiger partial charge in [-0.3, -0.25) is 14.2 Å². The number of aromatic nitrogens is 2. The van der Waals surface area contributed by atoms with Crippen molar-refractivity contribution in [2.24, 2.45) is 5.92 Å². The zero-order valence-electron chi connectivity index (χ0n) is 13.0. The fourth-order valence-electron chi connectivity index (χ4n) is 2.96. The second kappa shape index (κ2) is 6.20. The molecule has 3 heterocycles. The van der Waals surface area contributed by atoms with Crippen LogP contribution in [0.1, 0.15) is 31.6 Å². The second-order valence-corrected chi connectivity index (χ2v) is 7.17. The van der Waals surface area contributed by atoms with Gasteiger partial charge in [0, 0.05) is 18.0 Å². The lowest BCUT2D eigenvalue weighted by Gasteiger charge is -2.31. The van der Waals surface area contributed by atoms with E-state index in [4.69, 9.17) is 0 Å². The molecule has 1 amide bonds. The number of rotatable bonds is 3. The minimum atomic E-state index is -0.112. The van der Waals surface area contributed by atoms with Crippen LogP contribution in [0.5, 0.6) is 0 Å². The first-order valence-corrected chi connectivity index (χ1v) is 8.65. The van der Waals surface area contributed by atoms with E-state index in [1.807, 2.05) is 11.0 Å². The SMILES string of the molecule is CCc1cc2c(=O)n(CC(=O)N3CCC[C@@H](C)C3)cnc2s1. The van der Waals surface area contributed by atoms with Gasteiger partial charge in [0.25, 0.3) is 5.56 Å². The van der Waals surface area contributed by atoms with Crippen LogP contribution in [-0.4, -0.2) is 33.4 Å². The summed E-state index contributed by atoms with van der Waals surface area (Å²) >= 11 is 1.55. The van der Waals surface area contributed by atoms with Crippen LogP contribution in [0.2, 0.25) is 0 Å². The molecule has 1 fully saturated rings. The van der Waals surface area contributed by atoms with Crippen LogP contribution >= 0.6 is 11.3 Å². The molecule has 0 aliphatic carbocycles. The number of amides is 1. The van der Waals surface area contributed by atoms with Crippen molar-refractivity contribution in [1.82, 2.24) is 14.5 Å². The molecule has 3 rings (SSSR count). The Hall–Kier alpha value is -1.69. The average Bonchev–Trinajstić information content (AvgIpc) is 2.94. The van der Waals surface area contributed by atoms with E-state index in [2.05, 4.69) is 18.8 Å². The Morgan fingerprint density at radius 2 is 2.32 bits per heavy atom. The van der Waals surface area contributed by atoms with Crippen molar-refractivity contribution in [2.75, 3.05) is 13.1 Å². The molecule has 0 N–H and O–H groups in total. The maximum atomic E-state index is 12.5. The minimum Gasteiger partial charge on any atom is -0.341 e. The van der Waals surface area contributed by atoms with Crippen molar-refractivity contribution in [1.29, 1.82) is 0 Å². The number of aryl methyl sites for hydroxylation is 1. The monoisotopic (exact) mass is 319 g/mol. The third-order valence-corrected chi connectivity index (χ3v) is 5.42. The van der Waals surface area contributed by atoms with E-state index in [1.54, 1.807) is 11.3 Å². The first-order chi connectivity index (χ1) is 10.6. The van der Waals surface area contributed by atoms with E-state index < -0.39 is 0 Å². The second-order valence-electron chi connectivity index (χ2n) is 6.05. The maximum Gasteiger partial charge on any atom is 0.262 e. The van der Waals surface area contributed by atoms with Crippen LogP contribution in [0.25, 0.3) is 10.2 Å². The Morgan fingerprint density at radius 3 is 3.05 bits per heavy atom. The Balaban J connectivity index is 1.82. The number of hydrogen-bond donors (Lipinski definition) is 0. The van der Waals surface area contributed by atoms with Gasteiger partial charge in [0.2, 0.25) is 5.91 Å². The number of carbonyl (C=O) groups excluding carboxylic acids is 1. The highest BCUT2D eigenvalue weighted by atomic mass is 32.1. The van der Waals surface area contributed by atoms with E-state index in [0.29, 0.717) is 11.3 Å². The summed E-state index contributed by atoms with van der Waals surface area (Å²) < 4.78 is 1.44. The highest BCUT2D eigenvalue weighted by Gasteiger charge is 2.21. The van der Waals surface area contributed by atoms with Crippen LogP contribution in [0.3, 0.4) is 0 Å². The molecule has 1 atom stereocenters. The smallest absolute Gasteiger partial charge is 0.262 e. The van der Waals surface area contributed by atoms with E-state index in [-0.39, 0.29) is 18.0 Å². The fourth-order valence-corrected chi connectivity index (χ4v) is 3.88. The van der Waals surface area contributed by atoms with Crippen LogP contribution < -0.4 is 5.56 Å². The van der Waals surface area contributed by atoms with Crippen molar-refractivity contribution in [2.45, 2.75) is 39.7 Å². The molecule has 118 valence electrons. The molecule has 2 aromatic heterocycles. The highest BCUT2D eigenvalue weighted by molar-refractivity contribution is 7.18. The maximum absolute atomic E-state index is 12.5. The lowest BCUT2D eigenvalue weighted by Crippen LogP contribution is -2.42. The van der Waals surface area contributed by atoms with Crippen molar-refractivity contribution in [3.05, 3.63) is 27.6 Å². The standard InChI is InChI=1S/C16H21N3O2S/c1-3-12-7-13-15(22-12)17-10-19(16(13)21)9-14(20)18-6-4-5-11(2)8-18/h7,10-11H,3-6,8-9H2,1-2H3/t11-/m1/s1. The van der Waals surface area contributed by atoms with Crippen LogP contribution in [-0.2, 0) is 17.8 Å². The summed E-state index contributed by atoms with van der Waals surface area (Å²) in [5.74, 6) is 0.555. The summed E-state index contributed by atoms with van der Waals surface area (Å²) in [6.45, 7) is 5.90. The Kier molecular flexibility index (Phi) is 4.29. The zero-order valence-corrected chi connectivity index (χ0v) is 13.9. The first kappa shape index (κ1) is 15.2. The molecule has 1 saturated heterocycles. The summed E-state index contributed by atoms with van der Waals surface area (Å²) in [5.41, 5.74) is -0.112. The topological polar surface area (TPSA) is 55.2 Å². The van der Waals surface area contributed by atoms with Crippen molar-refractivity contribution < 1.29 is 4.79 Å². The van der Waals surface area contributed by atoms with Gasteiger partial charge in [0.15, 0.2) is 0 Å². The van der Waals surface area contributed by atoms with Gasteiger partial charge in [-0.1, -0.05) is 13.8 Å². The van der Waals surface area contributed by atoms with Gasteiger partial charge in [0.05, 0.1) is 11.7 Å². The quantitative estimate of drug-likeness (QED) is 0.872. The van der Waals surface area contributed by atoms with E-state index >= 15 is 0 Å². The number of fused-ring (bicyclic) bond motifs is 1. The van der Waals surface area contributed by atoms with Gasteiger partial charge in [-0.2, -0.15) is 0 Å². The van der Waals surface area contributed by atoms with Crippen LogP contribution in [0.15, 0.2) is 17.2 Å². The predicted octanol–water partition coefficient (Wildman–Crippen LogP) is 2.28.